The minimum Gasteiger partial charge on any atom is -0.453 e. The number of allylic oxidation sites excluding steroid dienone is 5. The molecule has 0 radical (unpaired) electrons. The van der Waals surface area contributed by atoms with Gasteiger partial charge < -0.3 is 14.2 Å². The standard InChI is InChI=1S/C27H27O4.ClHO4/c1-26(2)28-22(18-24(30-26)20-12-7-5-8-13-20)16-11-17-23-19-25(31-27(3,4)29-23)21-14-9-6-10-15-21;2-1(3,4)5/h5-19H,1-4H3;(H,2,3,4,5)/q+1;/p-1. The summed E-state index contributed by atoms with van der Waals surface area (Å²) in [6.07, 6.45) is 9.51. The number of benzene rings is 2. The van der Waals surface area contributed by atoms with Gasteiger partial charge in [0, 0.05) is 25.5 Å². The number of ether oxygens (including phenoxy) is 3. The van der Waals surface area contributed by atoms with Crippen LogP contribution in [0.25, 0.3) is 5.76 Å². The third-order valence-electron chi connectivity index (χ3n) is 4.62. The predicted octanol–water partition coefficient (Wildman–Crippen LogP) is 1.56. The van der Waals surface area contributed by atoms with Gasteiger partial charge in [-0.1, -0.05) is 54.6 Å². The summed E-state index contributed by atoms with van der Waals surface area (Å²) in [5.41, 5.74) is 2.01. The van der Waals surface area contributed by atoms with Crippen LogP contribution in [-0.2, 0) is 14.2 Å². The quantitative estimate of drug-likeness (QED) is 0.566. The number of carbonyl (C=O) groups excluding carboxylic acids is 1. The molecule has 0 fully saturated rings. The van der Waals surface area contributed by atoms with Crippen LogP contribution < -0.4 is 18.6 Å². The summed E-state index contributed by atoms with van der Waals surface area (Å²) in [7, 11) is -4.94. The minimum absolute atomic E-state index is 0.713. The van der Waals surface area contributed by atoms with Crippen molar-refractivity contribution in [3.8, 4) is 0 Å². The van der Waals surface area contributed by atoms with Crippen LogP contribution in [0.1, 0.15) is 43.2 Å². The minimum atomic E-state index is -4.94. The van der Waals surface area contributed by atoms with Crippen LogP contribution >= 0.6 is 0 Å². The van der Waals surface area contributed by atoms with Crippen molar-refractivity contribution in [3.63, 3.8) is 0 Å². The van der Waals surface area contributed by atoms with E-state index < -0.39 is 21.8 Å². The summed E-state index contributed by atoms with van der Waals surface area (Å²) < 4.78 is 57.9. The molecular formula is C27H27ClO8. The maximum Gasteiger partial charge on any atom is 0.424 e. The van der Waals surface area contributed by atoms with Gasteiger partial charge >= 0.3 is 11.6 Å². The SMILES string of the molecule is CC1(C)OC(c2ccccc2)=C/C(=C/C=C/C2=CC(c3ccccc3)=[O+]C(C)(C)O2)O1.[O-][Cl+3]([O-])([O-])[O-]. The maximum atomic E-state index is 8.49. The van der Waals surface area contributed by atoms with Gasteiger partial charge in [0.2, 0.25) is 5.79 Å². The van der Waals surface area contributed by atoms with Gasteiger partial charge in [-0.15, -0.1) is 10.2 Å². The lowest BCUT2D eigenvalue weighted by Gasteiger charge is -2.33. The Bertz CT molecular complexity index is 1180. The Balaban J connectivity index is 0.000000658. The van der Waals surface area contributed by atoms with Crippen molar-refractivity contribution < 1.29 is 47.5 Å². The van der Waals surface area contributed by atoms with Crippen LogP contribution in [0, 0.1) is 10.2 Å². The number of hydrogen-bond donors (Lipinski definition) is 0. The van der Waals surface area contributed by atoms with Gasteiger partial charge in [0.1, 0.15) is 17.3 Å². The zero-order valence-corrected chi connectivity index (χ0v) is 21.1. The summed E-state index contributed by atoms with van der Waals surface area (Å²) in [5.74, 6) is 1.46. The number of hydrogen-bond acceptors (Lipinski definition) is 7. The molecule has 2 aromatic carbocycles. The normalized spacial score (nSPS) is 19.6. The predicted molar refractivity (Wildman–Crippen MR) is 122 cm³/mol. The maximum absolute atomic E-state index is 8.49. The van der Waals surface area contributed by atoms with Gasteiger partial charge in [-0.25, -0.2) is 23.1 Å². The Morgan fingerprint density at radius 1 is 0.750 bits per heavy atom. The van der Waals surface area contributed by atoms with Gasteiger partial charge in [0.15, 0.2) is 0 Å². The highest BCUT2D eigenvalue weighted by Crippen LogP contribution is 2.32. The van der Waals surface area contributed by atoms with Gasteiger partial charge in [0.25, 0.3) is 0 Å². The summed E-state index contributed by atoms with van der Waals surface area (Å²) in [5, 5.41) is 0. The summed E-state index contributed by atoms with van der Waals surface area (Å²) >= 11 is 0. The second kappa shape index (κ2) is 11.1. The fraction of sp³-hybridized carbons (Fsp3) is 0.222. The van der Waals surface area contributed by atoms with E-state index in [1.165, 1.54) is 0 Å². The molecule has 2 aromatic rings. The summed E-state index contributed by atoms with van der Waals surface area (Å²) in [6.45, 7) is 7.59. The van der Waals surface area contributed by atoms with E-state index in [1.54, 1.807) is 0 Å². The molecule has 0 unspecified atom stereocenters. The molecule has 0 atom stereocenters. The van der Waals surface area contributed by atoms with E-state index in [1.807, 2.05) is 119 Å². The highest BCUT2D eigenvalue weighted by Gasteiger charge is 2.37. The Kier molecular flexibility index (Phi) is 8.39. The van der Waals surface area contributed by atoms with Crippen molar-refractivity contribution in [3.05, 3.63) is 114 Å². The molecule has 0 spiro atoms. The van der Waals surface area contributed by atoms with Gasteiger partial charge in [-0.2, -0.15) is 0 Å². The van der Waals surface area contributed by atoms with Crippen molar-refractivity contribution in [2.45, 2.75) is 39.3 Å². The van der Waals surface area contributed by atoms with E-state index in [2.05, 4.69) is 0 Å². The Morgan fingerprint density at radius 3 is 1.89 bits per heavy atom. The Morgan fingerprint density at radius 2 is 1.31 bits per heavy atom. The summed E-state index contributed by atoms with van der Waals surface area (Å²) in [6, 6.07) is 20.0. The largest absolute Gasteiger partial charge is 0.453 e. The Hall–Kier alpha value is -3.40. The van der Waals surface area contributed by atoms with E-state index in [9.17, 15) is 0 Å². The first kappa shape index (κ1) is 27.2. The molecule has 0 aromatic heterocycles. The van der Waals surface area contributed by atoms with E-state index in [0.29, 0.717) is 11.5 Å². The second-order valence-electron chi connectivity index (χ2n) is 8.67. The molecule has 0 aliphatic carbocycles. The molecule has 2 aliphatic rings. The first-order chi connectivity index (χ1) is 16.8. The van der Waals surface area contributed by atoms with Crippen LogP contribution in [0.3, 0.4) is 0 Å². The highest BCUT2D eigenvalue weighted by molar-refractivity contribution is 6.05. The molecule has 0 N–H and O–H groups in total. The molecule has 0 amide bonds. The lowest BCUT2D eigenvalue weighted by molar-refractivity contribution is -2.00. The van der Waals surface area contributed by atoms with Crippen LogP contribution in [0.15, 0.2) is 103 Å². The fourth-order valence-corrected chi connectivity index (χ4v) is 3.41. The highest BCUT2D eigenvalue weighted by atomic mass is 35.7. The van der Waals surface area contributed by atoms with Crippen molar-refractivity contribution in [1.29, 1.82) is 0 Å². The van der Waals surface area contributed by atoms with Gasteiger partial charge in [-0.05, 0) is 24.3 Å². The van der Waals surface area contributed by atoms with Crippen LogP contribution in [0.2, 0.25) is 0 Å². The zero-order chi connectivity index (χ0) is 26.4. The Labute approximate surface area is 212 Å². The first-order valence-corrected chi connectivity index (χ1v) is 12.2. The van der Waals surface area contributed by atoms with E-state index in [4.69, 9.17) is 37.3 Å². The van der Waals surface area contributed by atoms with E-state index >= 15 is 0 Å². The molecular weight excluding hydrogens is 488 g/mol. The smallest absolute Gasteiger partial charge is 0.424 e. The van der Waals surface area contributed by atoms with Crippen LogP contribution in [0.4, 0.5) is 0 Å². The molecule has 9 heteroatoms. The van der Waals surface area contributed by atoms with E-state index in [0.717, 1.165) is 22.7 Å². The average Bonchev–Trinajstić information content (AvgIpc) is 2.77. The molecule has 0 bridgehead atoms. The number of rotatable bonds is 4. The van der Waals surface area contributed by atoms with Crippen LogP contribution in [0.5, 0.6) is 0 Å². The second-order valence-corrected chi connectivity index (χ2v) is 9.42. The number of halogens is 1. The van der Waals surface area contributed by atoms with Crippen molar-refractivity contribution in [2.24, 2.45) is 0 Å². The molecule has 0 saturated heterocycles. The van der Waals surface area contributed by atoms with Gasteiger partial charge in [0.05, 0.1) is 25.5 Å². The lowest BCUT2D eigenvalue weighted by atomic mass is 10.1. The molecule has 2 heterocycles. The average molecular weight is 515 g/mol. The molecule has 4 rings (SSSR count). The fourth-order valence-electron chi connectivity index (χ4n) is 3.41. The van der Waals surface area contributed by atoms with Crippen molar-refractivity contribution >= 4 is 11.5 Å². The topological polar surface area (TPSA) is 131 Å². The molecule has 2 aliphatic heterocycles. The molecule has 190 valence electrons. The van der Waals surface area contributed by atoms with Crippen molar-refractivity contribution in [1.82, 2.24) is 0 Å². The lowest BCUT2D eigenvalue weighted by Crippen LogP contribution is -2.68. The van der Waals surface area contributed by atoms with Crippen molar-refractivity contribution in [2.75, 3.05) is 0 Å². The van der Waals surface area contributed by atoms with Gasteiger partial charge in [-0.3, -0.25) is 0 Å². The zero-order valence-electron chi connectivity index (χ0n) is 20.3. The third-order valence-corrected chi connectivity index (χ3v) is 4.62. The number of ketones is 1. The molecule has 0 saturated carbocycles. The first-order valence-electron chi connectivity index (χ1n) is 11.0. The van der Waals surface area contributed by atoms with Crippen LogP contribution in [-0.4, -0.2) is 17.4 Å². The molecule has 36 heavy (non-hydrogen) atoms. The monoisotopic (exact) mass is 514 g/mol. The third kappa shape index (κ3) is 8.99. The molecule has 8 nitrogen and oxygen atoms in total. The van der Waals surface area contributed by atoms with E-state index in [-0.39, 0.29) is 0 Å². The summed E-state index contributed by atoms with van der Waals surface area (Å²) in [4.78, 5) is 0.